The van der Waals surface area contributed by atoms with Gasteiger partial charge < -0.3 is 11.5 Å². The van der Waals surface area contributed by atoms with Crippen molar-refractivity contribution in [3.05, 3.63) is 0 Å². The van der Waals surface area contributed by atoms with Gasteiger partial charge in [0.25, 0.3) is 0 Å². The molecule has 0 aliphatic rings. The molecule has 1 atom stereocenters. The van der Waals surface area contributed by atoms with Crippen LogP contribution in [0.5, 0.6) is 0 Å². The molecule has 0 aromatic carbocycles. The van der Waals surface area contributed by atoms with Gasteiger partial charge in [-0.3, -0.25) is 0 Å². The second-order valence-corrected chi connectivity index (χ2v) is 2.81. The number of halogens is 3. The molecule has 1 unspecified atom stereocenters. The van der Waals surface area contributed by atoms with Crippen molar-refractivity contribution in [3.8, 4) is 0 Å². The van der Waals surface area contributed by atoms with E-state index in [-0.39, 0.29) is 24.8 Å². The first-order valence-electron chi connectivity index (χ1n) is 4.35. The molecule has 0 radical (unpaired) electrons. The third-order valence-electron chi connectivity index (χ3n) is 1.70. The van der Waals surface area contributed by atoms with Gasteiger partial charge in [-0.05, 0) is 32.4 Å². The average molecular weight is 235 g/mol. The smallest absolute Gasteiger partial charge is 0.101 e. The molecule has 13 heavy (non-hydrogen) atoms. The molecule has 0 saturated carbocycles. The van der Waals surface area contributed by atoms with Crippen molar-refractivity contribution >= 4 is 24.8 Å². The Morgan fingerprint density at radius 2 is 1.46 bits per heavy atom. The fourth-order valence-corrected chi connectivity index (χ4v) is 1.01. The molecule has 4 N–H and O–H groups in total. The van der Waals surface area contributed by atoms with Crippen molar-refractivity contribution in [1.82, 2.24) is 0 Å². The highest BCUT2D eigenvalue weighted by molar-refractivity contribution is 5.85. The topological polar surface area (TPSA) is 52.0 Å². The van der Waals surface area contributed by atoms with E-state index in [1.807, 2.05) is 0 Å². The molecule has 0 rings (SSSR count). The zero-order chi connectivity index (χ0) is 8.53. The van der Waals surface area contributed by atoms with E-state index >= 15 is 0 Å². The van der Waals surface area contributed by atoms with Crippen LogP contribution in [0.15, 0.2) is 0 Å². The Bertz CT molecular complexity index is 86.5. The molecular formula is C8H21Cl2FN2. The lowest BCUT2D eigenvalue weighted by atomic mass is 10.1. The second kappa shape index (κ2) is 14.9. The lowest BCUT2D eigenvalue weighted by molar-refractivity contribution is 0.291. The summed E-state index contributed by atoms with van der Waals surface area (Å²) < 4.78 is 12.7. The van der Waals surface area contributed by atoms with Gasteiger partial charge in [0, 0.05) is 0 Å². The predicted octanol–water partition coefficient (Wildman–Crippen LogP) is 2.04. The summed E-state index contributed by atoms with van der Waals surface area (Å²) >= 11 is 0. The monoisotopic (exact) mass is 234 g/mol. The van der Waals surface area contributed by atoms with E-state index in [0.29, 0.717) is 25.9 Å². The van der Waals surface area contributed by atoms with Crippen molar-refractivity contribution in [3.63, 3.8) is 0 Å². The molecular weight excluding hydrogens is 214 g/mol. The molecule has 0 fully saturated rings. The summed E-state index contributed by atoms with van der Waals surface area (Å²) in [7, 11) is 0. The summed E-state index contributed by atoms with van der Waals surface area (Å²) in [6, 6.07) is 0. The van der Waals surface area contributed by atoms with Gasteiger partial charge >= 0.3 is 0 Å². The lowest BCUT2D eigenvalue weighted by Gasteiger charge is -2.04. The van der Waals surface area contributed by atoms with Crippen molar-refractivity contribution in [2.45, 2.75) is 38.3 Å². The Morgan fingerprint density at radius 3 is 1.92 bits per heavy atom. The van der Waals surface area contributed by atoms with Crippen LogP contribution in [-0.2, 0) is 0 Å². The molecule has 5 heteroatoms. The molecule has 0 heterocycles. The summed E-state index contributed by atoms with van der Waals surface area (Å²) in [6.45, 7) is 1.17. The maximum absolute atomic E-state index is 12.7. The molecule has 0 aromatic rings. The molecule has 84 valence electrons. The first-order chi connectivity index (χ1) is 5.31. The van der Waals surface area contributed by atoms with Crippen LogP contribution >= 0.6 is 24.8 Å². The zero-order valence-corrected chi connectivity index (χ0v) is 9.51. The van der Waals surface area contributed by atoms with E-state index in [1.54, 1.807) is 0 Å². The van der Waals surface area contributed by atoms with Crippen molar-refractivity contribution in [2.24, 2.45) is 11.5 Å². The highest BCUT2D eigenvalue weighted by atomic mass is 35.5. The molecule has 0 aliphatic carbocycles. The van der Waals surface area contributed by atoms with Crippen LogP contribution in [0.1, 0.15) is 32.1 Å². The van der Waals surface area contributed by atoms with E-state index in [9.17, 15) is 4.39 Å². The van der Waals surface area contributed by atoms with Gasteiger partial charge in [0.15, 0.2) is 0 Å². The number of hydrogen-bond acceptors (Lipinski definition) is 2. The van der Waals surface area contributed by atoms with Gasteiger partial charge in [-0.15, -0.1) is 24.8 Å². The van der Waals surface area contributed by atoms with E-state index in [2.05, 4.69) is 0 Å². The SMILES string of the molecule is Cl.Cl.NCCCCCC(F)CCN. The first kappa shape index (κ1) is 19.1. The number of nitrogens with two attached hydrogens (primary N) is 2. The third-order valence-corrected chi connectivity index (χ3v) is 1.70. The van der Waals surface area contributed by atoms with E-state index in [4.69, 9.17) is 11.5 Å². The van der Waals surface area contributed by atoms with Gasteiger partial charge in [-0.1, -0.05) is 12.8 Å². The predicted molar refractivity (Wildman–Crippen MR) is 60.6 cm³/mol. The normalized spacial score (nSPS) is 11.3. The van der Waals surface area contributed by atoms with E-state index in [1.165, 1.54) is 0 Å². The Hall–Kier alpha value is 0.430. The van der Waals surface area contributed by atoms with Gasteiger partial charge in [-0.2, -0.15) is 0 Å². The number of alkyl halides is 1. The molecule has 0 amide bonds. The quantitative estimate of drug-likeness (QED) is 0.663. The minimum Gasteiger partial charge on any atom is -0.330 e. The van der Waals surface area contributed by atoms with Gasteiger partial charge in [-0.25, -0.2) is 4.39 Å². The average Bonchev–Trinajstić information content (AvgIpc) is 1.99. The Kier molecular flexibility index (Phi) is 21.9. The summed E-state index contributed by atoms with van der Waals surface area (Å²) in [4.78, 5) is 0. The Labute approximate surface area is 92.4 Å². The van der Waals surface area contributed by atoms with Crippen LogP contribution in [0.3, 0.4) is 0 Å². The van der Waals surface area contributed by atoms with Crippen LogP contribution in [0.4, 0.5) is 4.39 Å². The maximum atomic E-state index is 12.7. The summed E-state index contributed by atoms with van der Waals surface area (Å²) in [5.41, 5.74) is 10.5. The van der Waals surface area contributed by atoms with Crippen molar-refractivity contribution < 1.29 is 4.39 Å². The second-order valence-electron chi connectivity index (χ2n) is 2.81. The fraction of sp³-hybridized carbons (Fsp3) is 1.00. The maximum Gasteiger partial charge on any atom is 0.101 e. The van der Waals surface area contributed by atoms with Crippen LogP contribution in [0, 0.1) is 0 Å². The lowest BCUT2D eigenvalue weighted by Crippen LogP contribution is -2.09. The van der Waals surface area contributed by atoms with Gasteiger partial charge in [0.05, 0.1) is 0 Å². The number of hydrogen-bond donors (Lipinski definition) is 2. The van der Waals surface area contributed by atoms with Crippen molar-refractivity contribution in [1.29, 1.82) is 0 Å². The highest BCUT2D eigenvalue weighted by Crippen LogP contribution is 2.08. The Morgan fingerprint density at radius 1 is 0.846 bits per heavy atom. The van der Waals surface area contributed by atoms with Crippen LogP contribution in [0.25, 0.3) is 0 Å². The minimum atomic E-state index is -0.697. The standard InChI is InChI=1S/C8H19FN2.2ClH/c9-8(5-7-11)4-2-1-3-6-10;;/h8H,1-7,10-11H2;2*1H. The highest BCUT2D eigenvalue weighted by Gasteiger charge is 2.03. The molecule has 0 aromatic heterocycles. The summed E-state index contributed by atoms with van der Waals surface area (Å²) in [5.74, 6) is 0. The third kappa shape index (κ3) is 15.2. The van der Waals surface area contributed by atoms with Crippen LogP contribution in [-0.4, -0.2) is 19.3 Å². The first-order valence-corrected chi connectivity index (χ1v) is 4.35. The largest absolute Gasteiger partial charge is 0.330 e. The van der Waals surface area contributed by atoms with E-state index in [0.717, 1.165) is 19.3 Å². The molecule has 0 aliphatic heterocycles. The van der Waals surface area contributed by atoms with Gasteiger partial charge in [0.1, 0.15) is 6.17 Å². The zero-order valence-electron chi connectivity index (χ0n) is 7.88. The Balaban J connectivity index is -0.000000500. The minimum absolute atomic E-state index is 0. The van der Waals surface area contributed by atoms with E-state index < -0.39 is 6.17 Å². The fourth-order valence-electron chi connectivity index (χ4n) is 1.01. The van der Waals surface area contributed by atoms with Gasteiger partial charge in [0.2, 0.25) is 0 Å². The number of unbranched alkanes of at least 4 members (excludes halogenated alkanes) is 2. The number of rotatable bonds is 7. The molecule has 0 saturated heterocycles. The van der Waals surface area contributed by atoms with Crippen LogP contribution in [0.2, 0.25) is 0 Å². The molecule has 0 spiro atoms. The molecule has 0 bridgehead atoms. The van der Waals surface area contributed by atoms with Crippen molar-refractivity contribution in [2.75, 3.05) is 13.1 Å². The summed E-state index contributed by atoms with van der Waals surface area (Å²) in [5, 5.41) is 0. The van der Waals surface area contributed by atoms with Crippen LogP contribution < -0.4 is 11.5 Å². The summed E-state index contributed by atoms with van der Waals surface area (Å²) in [6.07, 6.45) is 3.45. The molecule has 2 nitrogen and oxygen atoms in total.